The van der Waals surface area contributed by atoms with Crippen molar-refractivity contribution in [1.82, 2.24) is 0 Å². The number of esters is 1. The molecule has 7 heteroatoms. The largest absolute Gasteiger partial charge is 0.491 e. The fourth-order valence-corrected chi connectivity index (χ4v) is 3.77. The maximum absolute atomic E-state index is 13.0. The summed E-state index contributed by atoms with van der Waals surface area (Å²) in [7, 11) is 1.33. The summed E-state index contributed by atoms with van der Waals surface area (Å²) in [5, 5.41) is 3.58. The number of thiophene rings is 1. The molecule has 0 aliphatic heterocycles. The second-order valence-corrected chi connectivity index (χ2v) is 7.21. The molecule has 0 aliphatic rings. The van der Waals surface area contributed by atoms with Gasteiger partial charge in [0.25, 0.3) is 0 Å². The number of anilines is 1. The molecule has 0 atom stereocenters. The average molecular weight is 401 g/mol. The van der Waals surface area contributed by atoms with Gasteiger partial charge < -0.3 is 14.8 Å². The van der Waals surface area contributed by atoms with Gasteiger partial charge in [0.1, 0.15) is 5.82 Å². The van der Waals surface area contributed by atoms with E-state index in [0.29, 0.717) is 22.9 Å². The van der Waals surface area contributed by atoms with E-state index in [1.165, 1.54) is 30.6 Å². The number of carbonyl (C=O) groups excluding carboxylic acids is 2. The first-order valence-corrected chi connectivity index (χ1v) is 9.65. The highest BCUT2D eigenvalue weighted by Gasteiger charge is 2.21. The van der Waals surface area contributed by atoms with Gasteiger partial charge >= 0.3 is 5.97 Å². The highest BCUT2D eigenvalue weighted by Crippen LogP contribution is 2.39. The van der Waals surface area contributed by atoms with Gasteiger partial charge in [-0.05, 0) is 42.3 Å². The lowest BCUT2D eigenvalue weighted by Crippen LogP contribution is -2.14. The third kappa shape index (κ3) is 4.48. The second-order valence-electron chi connectivity index (χ2n) is 6.16. The van der Waals surface area contributed by atoms with E-state index in [2.05, 4.69) is 5.32 Å². The van der Waals surface area contributed by atoms with Crippen LogP contribution in [0.3, 0.4) is 0 Å². The lowest BCUT2D eigenvalue weighted by Gasteiger charge is -2.08. The normalized spacial score (nSPS) is 10.7. The zero-order valence-electron chi connectivity index (χ0n) is 15.6. The van der Waals surface area contributed by atoms with E-state index in [0.717, 1.165) is 22.1 Å². The predicted octanol–water partition coefficient (Wildman–Crippen LogP) is 4.80. The number of halogens is 1. The van der Waals surface area contributed by atoms with Crippen LogP contribution in [0.15, 0.2) is 42.5 Å². The van der Waals surface area contributed by atoms with E-state index in [4.69, 9.17) is 9.47 Å². The lowest BCUT2D eigenvalue weighted by molar-refractivity contribution is -0.115. The highest BCUT2D eigenvalue weighted by atomic mass is 32.1. The van der Waals surface area contributed by atoms with Crippen molar-refractivity contribution >= 4 is 39.0 Å². The molecule has 146 valence electrons. The van der Waals surface area contributed by atoms with Crippen LogP contribution in [0.5, 0.6) is 5.75 Å². The molecule has 0 radical (unpaired) electrons. The van der Waals surface area contributed by atoms with Crippen molar-refractivity contribution in [2.75, 3.05) is 19.0 Å². The Labute approximate surface area is 166 Å². The minimum Gasteiger partial charge on any atom is -0.491 e. The van der Waals surface area contributed by atoms with Gasteiger partial charge in [0.2, 0.25) is 5.91 Å². The van der Waals surface area contributed by atoms with E-state index in [-0.39, 0.29) is 18.1 Å². The molecule has 3 aromatic rings. The summed E-state index contributed by atoms with van der Waals surface area (Å²) in [4.78, 5) is 24.8. The third-order valence-electron chi connectivity index (χ3n) is 4.03. The number of hydrogen-bond donors (Lipinski definition) is 1. The van der Waals surface area contributed by atoms with Gasteiger partial charge in [-0.2, -0.15) is 0 Å². The number of carbonyl (C=O) groups is 2. The number of benzene rings is 2. The van der Waals surface area contributed by atoms with Crippen molar-refractivity contribution in [3.63, 3.8) is 0 Å². The Balaban J connectivity index is 1.84. The molecule has 1 N–H and O–H groups in total. The minimum absolute atomic E-state index is 0.133. The molecule has 1 amide bonds. The number of hydrogen-bond acceptors (Lipinski definition) is 5. The summed E-state index contributed by atoms with van der Waals surface area (Å²) in [6.45, 7) is 2.45. The molecule has 3 rings (SSSR count). The number of methoxy groups -OCH3 is 1. The smallest absolute Gasteiger partial charge is 0.351 e. The van der Waals surface area contributed by atoms with Crippen molar-refractivity contribution in [2.24, 2.45) is 0 Å². The molecule has 0 saturated heterocycles. The van der Waals surface area contributed by atoms with Gasteiger partial charge in [-0.15, -0.1) is 11.3 Å². The van der Waals surface area contributed by atoms with Crippen molar-refractivity contribution in [3.8, 4) is 5.75 Å². The van der Waals surface area contributed by atoms with Gasteiger partial charge in [-0.1, -0.05) is 19.1 Å². The zero-order valence-corrected chi connectivity index (χ0v) is 16.4. The average Bonchev–Trinajstić information content (AvgIpc) is 3.05. The van der Waals surface area contributed by atoms with Crippen LogP contribution in [-0.2, 0) is 16.0 Å². The minimum atomic E-state index is -0.450. The predicted molar refractivity (Wildman–Crippen MR) is 108 cm³/mol. The standard InChI is InChI=1S/C21H20FNO4S/c1-3-10-27-19-16-12-15(8-9-17(16)28-20(19)21(25)26-2)23-18(24)11-13-4-6-14(22)7-5-13/h4-9,12H,3,10-11H2,1-2H3,(H,23,24). The number of fused-ring (bicyclic) bond motifs is 1. The lowest BCUT2D eigenvalue weighted by atomic mass is 10.1. The number of rotatable bonds is 7. The summed E-state index contributed by atoms with van der Waals surface area (Å²) in [6.07, 6.45) is 0.931. The Bertz CT molecular complexity index is 998. The molecular weight excluding hydrogens is 381 g/mol. The molecule has 0 aliphatic carbocycles. The van der Waals surface area contributed by atoms with Crippen LogP contribution in [0.2, 0.25) is 0 Å². The third-order valence-corrected chi connectivity index (χ3v) is 5.16. The molecule has 1 aromatic heterocycles. The Morgan fingerprint density at radius 1 is 1.14 bits per heavy atom. The number of nitrogens with one attached hydrogen (secondary N) is 1. The van der Waals surface area contributed by atoms with E-state index in [9.17, 15) is 14.0 Å². The number of ether oxygens (including phenoxy) is 2. The molecule has 5 nitrogen and oxygen atoms in total. The molecule has 0 fully saturated rings. The topological polar surface area (TPSA) is 64.6 Å². The molecule has 0 saturated carbocycles. The van der Waals surface area contributed by atoms with Crippen LogP contribution in [0.1, 0.15) is 28.6 Å². The molecule has 0 unspecified atom stereocenters. The van der Waals surface area contributed by atoms with Crippen molar-refractivity contribution < 1.29 is 23.5 Å². The van der Waals surface area contributed by atoms with Gasteiger partial charge in [0.15, 0.2) is 10.6 Å². The van der Waals surface area contributed by atoms with Crippen LogP contribution in [0, 0.1) is 5.82 Å². The molecule has 0 spiro atoms. The summed E-state index contributed by atoms with van der Waals surface area (Å²) in [6, 6.07) is 11.2. The van der Waals surface area contributed by atoms with E-state index < -0.39 is 5.97 Å². The fraction of sp³-hybridized carbons (Fsp3) is 0.238. The second kappa shape index (κ2) is 8.84. The molecule has 28 heavy (non-hydrogen) atoms. The number of amides is 1. The quantitative estimate of drug-likeness (QED) is 0.578. The SMILES string of the molecule is CCCOc1c(C(=O)OC)sc2ccc(NC(=O)Cc3ccc(F)cc3)cc12. The summed E-state index contributed by atoms with van der Waals surface area (Å²) in [5.74, 6) is -0.531. The van der Waals surface area contributed by atoms with Crippen molar-refractivity contribution in [3.05, 3.63) is 58.7 Å². The van der Waals surface area contributed by atoms with Crippen LogP contribution in [0.25, 0.3) is 10.1 Å². The monoisotopic (exact) mass is 401 g/mol. The van der Waals surface area contributed by atoms with Gasteiger partial charge in [-0.3, -0.25) is 4.79 Å². The molecule has 1 heterocycles. The summed E-state index contributed by atoms with van der Waals surface area (Å²) >= 11 is 1.29. The van der Waals surface area contributed by atoms with E-state index >= 15 is 0 Å². The van der Waals surface area contributed by atoms with Crippen LogP contribution < -0.4 is 10.1 Å². The Hall–Kier alpha value is -2.93. The maximum Gasteiger partial charge on any atom is 0.351 e. The first-order chi connectivity index (χ1) is 13.5. The van der Waals surface area contributed by atoms with Crippen molar-refractivity contribution in [1.29, 1.82) is 0 Å². The highest BCUT2D eigenvalue weighted by molar-refractivity contribution is 7.21. The summed E-state index contributed by atoms with van der Waals surface area (Å²) in [5.41, 5.74) is 1.31. The van der Waals surface area contributed by atoms with E-state index in [1.54, 1.807) is 24.3 Å². The van der Waals surface area contributed by atoms with Crippen LogP contribution in [0.4, 0.5) is 10.1 Å². The van der Waals surface area contributed by atoms with Crippen LogP contribution in [-0.4, -0.2) is 25.6 Å². The van der Waals surface area contributed by atoms with Gasteiger partial charge in [0.05, 0.1) is 20.1 Å². The Morgan fingerprint density at radius 2 is 1.89 bits per heavy atom. The molecule has 0 bridgehead atoms. The van der Waals surface area contributed by atoms with E-state index in [1.807, 2.05) is 13.0 Å². The summed E-state index contributed by atoms with van der Waals surface area (Å²) < 4.78 is 24.5. The zero-order chi connectivity index (χ0) is 20.1. The van der Waals surface area contributed by atoms with Crippen molar-refractivity contribution in [2.45, 2.75) is 19.8 Å². The first kappa shape index (κ1) is 19.8. The first-order valence-electron chi connectivity index (χ1n) is 8.83. The van der Waals surface area contributed by atoms with Gasteiger partial charge in [0, 0.05) is 15.8 Å². The maximum atomic E-state index is 13.0. The Kier molecular flexibility index (Phi) is 6.26. The Morgan fingerprint density at radius 3 is 2.57 bits per heavy atom. The van der Waals surface area contributed by atoms with Gasteiger partial charge in [-0.25, -0.2) is 9.18 Å². The molecular formula is C21H20FNO4S. The van der Waals surface area contributed by atoms with Crippen LogP contribution >= 0.6 is 11.3 Å². The fourth-order valence-electron chi connectivity index (χ4n) is 2.72. The molecule has 2 aromatic carbocycles.